The molecule has 2 rings (SSSR count). The number of likely N-dealkylation sites (tertiary alicyclic amines) is 1. The van der Waals surface area contributed by atoms with E-state index in [9.17, 15) is 4.39 Å². The highest BCUT2D eigenvalue weighted by Crippen LogP contribution is 2.30. The van der Waals surface area contributed by atoms with Gasteiger partial charge in [-0.05, 0) is 19.5 Å². The van der Waals surface area contributed by atoms with E-state index in [4.69, 9.17) is 5.73 Å². The van der Waals surface area contributed by atoms with Crippen LogP contribution in [-0.2, 0) is 5.54 Å². The average Bonchev–Trinajstić information content (AvgIpc) is 2.48. The highest BCUT2D eigenvalue weighted by molar-refractivity contribution is 5.27. The average molecular weight is 194 g/mol. The molecule has 1 fully saturated rings. The van der Waals surface area contributed by atoms with E-state index < -0.39 is 5.54 Å². The van der Waals surface area contributed by atoms with Crippen LogP contribution in [0.4, 0.5) is 4.39 Å². The van der Waals surface area contributed by atoms with Gasteiger partial charge in [0, 0.05) is 18.7 Å². The van der Waals surface area contributed by atoms with Crippen molar-refractivity contribution in [3.8, 4) is 0 Å². The van der Waals surface area contributed by atoms with E-state index >= 15 is 0 Å². The zero-order valence-electron chi connectivity index (χ0n) is 8.33. The standard InChI is InChI=1S/C11H15FN2/c1-14-7-6-11(13,8-14)9-4-2-3-5-10(9)12/h2-5H,6-8,13H2,1H3. The van der Waals surface area contributed by atoms with Crippen molar-refractivity contribution in [2.45, 2.75) is 12.0 Å². The molecule has 0 amide bonds. The summed E-state index contributed by atoms with van der Waals surface area (Å²) in [6.45, 7) is 1.67. The lowest BCUT2D eigenvalue weighted by Crippen LogP contribution is -2.39. The Hall–Kier alpha value is -0.930. The maximum atomic E-state index is 13.5. The summed E-state index contributed by atoms with van der Waals surface area (Å²) in [6, 6.07) is 6.79. The van der Waals surface area contributed by atoms with E-state index in [0.717, 1.165) is 19.5 Å². The Morgan fingerprint density at radius 3 is 2.71 bits per heavy atom. The molecule has 2 N–H and O–H groups in total. The van der Waals surface area contributed by atoms with Gasteiger partial charge >= 0.3 is 0 Å². The lowest BCUT2D eigenvalue weighted by atomic mass is 9.90. The second-order valence-electron chi connectivity index (χ2n) is 4.12. The van der Waals surface area contributed by atoms with Crippen molar-refractivity contribution in [2.24, 2.45) is 5.73 Å². The highest BCUT2D eigenvalue weighted by atomic mass is 19.1. The van der Waals surface area contributed by atoms with Crippen LogP contribution in [0.3, 0.4) is 0 Å². The summed E-state index contributed by atoms with van der Waals surface area (Å²) in [5, 5.41) is 0. The molecule has 1 heterocycles. The number of hydrogen-bond acceptors (Lipinski definition) is 2. The number of nitrogens with two attached hydrogens (primary N) is 1. The number of benzene rings is 1. The van der Waals surface area contributed by atoms with Crippen LogP contribution in [0.2, 0.25) is 0 Å². The smallest absolute Gasteiger partial charge is 0.128 e. The van der Waals surface area contributed by atoms with Gasteiger partial charge in [-0.15, -0.1) is 0 Å². The number of likely N-dealkylation sites (N-methyl/N-ethyl adjacent to an activating group) is 1. The number of hydrogen-bond donors (Lipinski definition) is 1. The van der Waals surface area contributed by atoms with Gasteiger partial charge in [-0.2, -0.15) is 0 Å². The molecule has 0 radical (unpaired) electrons. The predicted octanol–water partition coefficient (Wildman–Crippen LogP) is 1.32. The van der Waals surface area contributed by atoms with Gasteiger partial charge in [0.25, 0.3) is 0 Å². The van der Waals surface area contributed by atoms with Crippen LogP contribution in [0.5, 0.6) is 0 Å². The van der Waals surface area contributed by atoms with E-state index in [0.29, 0.717) is 5.56 Å². The summed E-state index contributed by atoms with van der Waals surface area (Å²) in [5.41, 5.74) is 6.33. The molecule has 1 aliphatic rings. The van der Waals surface area contributed by atoms with Crippen LogP contribution in [0, 0.1) is 5.82 Å². The number of nitrogens with zero attached hydrogens (tertiary/aromatic N) is 1. The van der Waals surface area contributed by atoms with Crippen LogP contribution >= 0.6 is 0 Å². The predicted molar refractivity (Wildman–Crippen MR) is 54.4 cm³/mol. The van der Waals surface area contributed by atoms with Gasteiger partial charge in [-0.1, -0.05) is 18.2 Å². The maximum absolute atomic E-state index is 13.5. The molecule has 1 aliphatic heterocycles. The van der Waals surface area contributed by atoms with E-state index in [-0.39, 0.29) is 5.82 Å². The van der Waals surface area contributed by atoms with Crippen molar-refractivity contribution in [3.63, 3.8) is 0 Å². The molecule has 1 aromatic rings. The van der Waals surface area contributed by atoms with E-state index in [1.807, 2.05) is 13.1 Å². The van der Waals surface area contributed by atoms with Crippen molar-refractivity contribution >= 4 is 0 Å². The van der Waals surface area contributed by atoms with E-state index in [2.05, 4.69) is 4.90 Å². The van der Waals surface area contributed by atoms with Crippen molar-refractivity contribution < 1.29 is 4.39 Å². The van der Waals surface area contributed by atoms with Crippen LogP contribution in [0.1, 0.15) is 12.0 Å². The molecular weight excluding hydrogens is 179 g/mol. The van der Waals surface area contributed by atoms with Gasteiger partial charge in [0.15, 0.2) is 0 Å². The second-order valence-corrected chi connectivity index (χ2v) is 4.12. The molecule has 0 saturated carbocycles. The Balaban J connectivity index is 2.35. The summed E-state index contributed by atoms with van der Waals surface area (Å²) in [4.78, 5) is 2.13. The zero-order chi connectivity index (χ0) is 10.2. The molecule has 14 heavy (non-hydrogen) atoms. The molecule has 3 heteroatoms. The lowest BCUT2D eigenvalue weighted by Gasteiger charge is -2.24. The molecule has 0 bridgehead atoms. The van der Waals surface area contributed by atoms with Crippen molar-refractivity contribution in [1.82, 2.24) is 4.90 Å². The fourth-order valence-corrected chi connectivity index (χ4v) is 2.11. The first-order valence-electron chi connectivity index (χ1n) is 4.84. The van der Waals surface area contributed by atoms with Gasteiger partial charge in [0.2, 0.25) is 0 Å². The van der Waals surface area contributed by atoms with Crippen LogP contribution in [0.15, 0.2) is 24.3 Å². The number of rotatable bonds is 1. The fraction of sp³-hybridized carbons (Fsp3) is 0.455. The quantitative estimate of drug-likeness (QED) is 0.730. The minimum atomic E-state index is -0.500. The first kappa shape index (κ1) is 9.62. The largest absolute Gasteiger partial charge is 0.320 e. The molecule has 0 spiro atoms. The van der Waals surface area contributed by atoms with E-state index in [1.54, 1.807) is 12.1 Å². The molecule has 1 aromatic carbocycles. The molecule has 1 unspecified atom stereocenters. The molecule has 2 nitrogen and oxygen atoms in total. The van der Waals surface area contributed by atoms with Gasteiger partial charge in [-0.25, -0.2) is 4.39 Å². The van der Waals surface area contributed by atoms with Gasteiger partial charge in [0.05, 0.1) is 5.54 Å². The molecule has 1 atom stereocenters. The number of halogens is 1. The van der Waals surface area contributed by atoms with Crippen LogP contribution in [-0.4, -0.2) is 25.0 Å². The summed E-state index contributed by atoms with van der Waals surface area (Å²) in [6.07, 6.45) is 0.824. The third-order valence-electron chi connectivity index (χ3n) is 2.90. The van der Waals surface area contributed by atoms with Crippen molar-refractivity contribution in [2.75, 3.05) is 20.1 Å². The summed E-state index contributed by atoms with van der Waals surface area (Å²) in [7, 11) is 2.01. The Bertz CT molecular complexity index is 340. The third kappa shape index (κ3) is 1.53. The monoisotopic (exact) mass is 194 g/mol. The van der Waals surface area contributed by atoms with Crippen LogP contribution in [0.25, 0.3) is 0 Å². The molecule has 0 aliphatic carbocycles. The second kappa shape index (κ2) is 3.33. The molecule has 76 valence electrons. The summed E-state index contributed by atoms with van der Waals surface area (Å²) < 4.78 is 13.5. The Morgan fingerprint density at radius 2 is 2.14 bits per heavy atom. The Labute approximate surface area is 83.5 Å². The zero-order valence-corrected chi connectivity index (χ0v) is 8.33. The first-order valence-corrected chi connectivity index (χ1v) is 4.84. The van der Waals surface area contributed by atoms with Gasteiger partial charge in [-0.3, -0.25) is 0 Å². The van der Waals surface area contributed by atoms with Crippen molar-refractivity contribution in [3.05, 3.63) is 35.6 Å². The Kier molecular flexibility index (Phi) is 2.29. The van der Waals surface area contributed by atoms with Gasteiger partial charge < -0.3 is 10.6 Å². The molecule has 1 saturated heterocycles. The summed E-state index contributed by atoms with van der Waals surface area (Å²) >= 11 is 0. The summed E-state index contributed by atoms with van der Waals surface area (Å²) in [5.74, 6) is -0.190. The van der Waals surface area contributed by atoms with Crippen molar-refractivity contribution in [1.29, 1.82) is 0 Å². The van der Waals surface area contributed by atoms with E-state index in [1.165, 1.54) is 6.07 Å². The SMILES string of the molecule is CN1CCC(N)(c2ccccc2F)C1. The topological polar surface area (TPSA) is 29.3 Å². The highest BCUT2D eigenvalue weighted by Gasteiger charge is 2.36. The van der Waals surface area contributed by atoms with Gasteiger partial charge in [0.1, 0.15) is 5.82 Å². The maximum Gasteiger partial charge on any atom is 0.128 e. The first-order chi connectivity index (χ1) is 6.62. The lowest BCUT2D eigenvalue weighted by molar-refractivity contribution is 0.366. The molecular formula is C11H15FN2. The fourth-order valence-electron chi connectivity index (χ4n) is 2.11. The Morgan fingerprint density at radius 1 is 1.43 bits per heavy atom. The van der Waals surface area contributed by atoms with Crippen LogP contribution < -0.4 is 5.73 Å². The third-order valence-corrected chi connectivity index (χ3v) is 2.90. The minimum Gasteiger partial charge on any atom is -0.320 e. The molecule has 0 aromatic heterocycles. The minimum absolute atomic E-state index is 0.190. The normalized spacial score (nSPS) is 28.2.